The largest absolute Gasteiger partial charge is 0.318 e. The van der Waals surface area contributed by atoms with Gasteiger partial charge in [0.1, 0.15) is 5.69 Å². The van der Waals surface area contributed by atoms with E-state index in [9.17, 15) is 10.1 Å². The first-order valence-corrected chi connectivity index (χ1v) is 3.76. The highest BCUT2D eigenvalue weighted by atomic mass is 16.6. The second kappa shape index (κ2) is 3.72. The van der Waals surface area contributed by atoms with Crippen molar-refractivity contribution >= 4 is 11.4 Å². The number of nitro benzene ring substituents is 1. The topological polar surface area (TPSA) is 105 Å². The molecule has 0 saturated heterocycles. The van der Waals surface area contributed by atoms with Gasteiger partial charge >= 0.3 is 0 Å². The number of nitrogens with one attached hydrogen (secondary N) is 1. The quantitative estimate of drug-likeness (QED) is 0.414. The highest BCUT2D eigenvalue weighted by Crippen LogP contribution is 2.26. The molecule has 14 heavy (non-hydrogen) atoms. The molecule has 0 aliphatic carbocycles. The Morgan fingerprint density at radius 1 is 1.64 bits per heavy atom. The molecule has 3 N–H and O–H groups in total. The Balaban J connectivity index is 3.42. The minimum atomic E-state index is -0.588. The zero-order valence-electron chi connectivity index (χ0n) is 7.44. The summed E-state index contributed by atoms with van der Waals surface area (Å²) in [4.78, 5) is 9.97. The predicted octanol–water partition coefficient (Wildman–Crippen LogP) is 1.06. The first-order valence-electron chi connectivity index (χ1n) is 3.76. The number of rotatable bonds is 2. The van der Waals surface area contributed by atoms with Crippen LogP contribution in [0, 0.1) is 28.4 Å². The third kappa shape index (κ3) is 1.62. The van der Waals surface area contributed by atoms with E-state index in [1.54, 1.807) is 6.92 Å². The first kappa shape index (κ1) is 9.95. The van der Waals surface area contributed by atoms with E-state index in [0.717, 1.165) is 0 Å². The maximum atomic E-state index is 10.6. The predicted molar refractivity (Wildman–Crippen MR) is 50.4 cm³/mol. The van der Waals surface area contributed by atoms with Crippen molar-refractivity contribution in [2.45, 2.75) is 6.92 Å². The van der Waals surface area contributed by atoms with Crippen LogP contribution < -0.4 is 11.3 Å². The first-order chi connectivity index (χ1) is 6.60. The van der Waals surface area contributed by atoms with Gasteiger partial charge in [-0.15, -0.1) is 0 Å². The van der Waals surface area contributed by atoms with Crippen molar-refractivity contribution in [1.29, 1.82) is 5.26 Å². The summed E-state index contributed by atoms with van der Waals surface area (Å²) in [6, 6.07) is 4.54. The molecular weight excluding hydrogens is 184 g/mol. The Morgan fingerprint density at radius 2 is 2.29 bits per heavy atom. The molecule has 0 bridgehead atoms. The van der Waals surface area contributed by atoms with Gasteiger partial charge in [0.15, 0.2) is 0 Å². The van der Waals surface area contributed by atoms with Crippen LogP contribution in [-0.2, 0) is 0 Å². The summed E-state index contributed by atoms with van der Waals surface area (Å²) in [5.74, 6) is 5.11. The summed E-state index contributed by atoms with van der Waals surface area (Å²) >= 11 is 0. The number of nitrogen functional groups attached to an aromatic ring is 1. The fourth-order valence-corrected chi connectivity index (χ4v) is 1.08. The lowest BCUT2D eigenvalue weighted by molar-refractivity contribution is -0.384. The van der Waals surface area contributed by atoms with Gasteiger partial charge in [0.25, 0.3) is 5.69 Å². The molecule has 1 rings (SSSR count). The van der Waals surface area contributed by atoms with Crippen LogP contribution in [0.2, 0.25) is 0 Å². The van der Waals surface area contributed by atoms with Crippen molar-refractivity contribution in [1.82, 2.24) is 0 Å². The molecule has 0 fully saturated rings. The van der Waals surface area contributed by atoms with Gasteiger partial charge in [0.2, 0.25) is 0 Å². The van der Waals surface area contributed by atoms with E-state index in [-0.39, 0.29) is 16.9 Å². The van der Waals surface area contributed by atoms with Crippen LogP contribution in [0.3, 0.4) is 0 Å². The Labute approximate surface area is 80.1 Å². The van der Waals surface area contributed by atoms with Crippen molar-refractivity contribution in [3.8, 4) is 6.07 Å². The van der Waals surface area contributed by atoms with Gasteiger partial charge in [-0.05, 0) is 18.6 Å². The Bertz CT molecular complexity index is 422. The number of hydrogen-bond acceptors (Lipinski definition) is 5. The average molecular weight is 192 g/mol. The zero-order chi connectivity index (χ0) is 10.7. The molecule has 0 unspecified atom stereocenters. The third-order valence-corrected chi connectivity index (χ3v) is 1.82. The number of hydrazine groups is 1. The normalized spacial score (nSPS) is 9.21. The van der Waals surface area contributed by atoms with E-state index in [0.29, 0.717) is 5.56 Å². The number of hydrogen-bond donors (Lipinski definition) is 2. The van der Waals surface area contributed by atoms with E-state index in [1.165, 1.54) is 12.1 Å². The lowest BCUT2D eigenvalue weighted by Crippen LogP contribution is -2.09. The lowest BCUT2D eigenvalue weighted by atomic mass is 10.1. The molecule has 6 heteroatoms. The second-order valence-electron chi connectivity index (χ2n) is 2.70. The molecular formula is C8H8N4O2. The van der Waals surface area contributed by atoms with Crippen molar-refractivity contribution < 1.29 is 4.92 Å². The number of benzene rings is 1. The minimum absolute atomic E-state index is 0.199. The smallest absolute Gasteiger partial charge is 0.294 e. The summed E-state index contributed by atoms with van der Waals surface area (Å²) in [6.45, 7) is 1.68. The second-order valence-corrected chi connectivity index (χ2v) is 2.70. The van der Waals surface area contributed by atoms with Gasteiger partial charge in [-0.25, -0.2) is 0 Å². The molecule has 0 aliphatic rings. The van der Waals surface area contributed by atoms with E-state index < -0.39 is 4.92 Å². The van der Waals surface area contributed by atoms with Crippen LogP contribution in [0.15, 0.2) is 12.1 Å². The molecule has 0 amide bonds. The zero-order valence-corrected chi connectivity index (χ0v) is 7.44. The molecule has 0 atom stereocenters. The van der Waals surface area contributed by atoms with E-state index >= 15 is 0 Å². The van der Waals surface area contributed by atoms with E-state index in [1.807, 2.05) is 6.07 Å². The number of nitriles is 1. The summed E-state index contributed by atoms with van der Waals surface area (Å²) in [5, 5.41) is 19.2. The molecule has 0 aromatic heterocycles. The average Bonchev–Trinajstić information content (AvgIpc) is 2.16. The molecule has 0 saturated carbocycles. The molecule has 1 aromatic rings. The van der Waals surface area contributed by atoms with Gasteiger partial charge in [-0.2, -0.15) is 5.26 Å². The van der Waals surface area contributed by atoms with Crippen LogP contribution in [0.5, 0.6) is 0 Å². The number of nitro groups is 1. The Hall–Kier alpha value is -2.13. The van der Waals surface area contributed by atoms with E-state index in [4.69, 9.17) is 11.1 Å². The molecule has 6 nitrogen and oxygen atoms in total. The van der Waals surface area contributed by atoms with E-state index in [2.05, 4.69) is 5.43 Å². The molecule has 1 aromatic carbocycles. The molecule has 0 spiro atoms. The van der Waals surface area contributed by atoms with Gasteiger partial charge in [-0.1, -0.05) is 0 Å². The van der Waals surface area contributed by atoms with Gasteiger partial charge < -0.3 is 5.43 Å². The summed E-state index contributed by atoms with van der Waals surface area (Å²) in [7, 11) is 0. The molecule has 0 radical (unpaired) electrons. The van der Waals surface area contributed by atoms with Gasteiger partial charge in [0, 0.05) is 6.07 Å². The number of nitrogens with zero attached hydrogens (tertiary/aromatic N) is 2. The lowest BCUT2D eigenvalue weighted by Gasteiger charge is -2.04. The standard InChI is InChI=1S/C8H8N4O2/c1-5-2-7(11-10)8(12(13)14)3-6(5)4-9/h2-3,11H,10H2,1H3. The van der Waals surface area contributed by atoms with Crippen LogP contribution in [0.25, 0.3) is 0 Å². The highest BCUT2D eigenvalue weighted by Gasteiger charge is 2.15. The fourth-order valence-electron chi connectivity index (χ4n) is 1.08. The maximum absolute atomic E-state index is 10.6. The third-order valence-electron chi connectivity index (χ3n) is 1.82. The van der Waals surface area contributed by atoms with Crippen LogP contribution in [0.4, 0.5) is 11.4 Å². The van der Waals surface area contributed by atoms with Gasteiger partial charge in [0.05, 0.1) is 16.6 Å². The van der Waals surface area contributed by atoms with Crippen molar-refractivity contribution in [2.75, 3.05) is 5.43 Å². The van der Waals surface area contributed by atoms with Crippen LogP contribution >= 0.6 is 0 Å². The number of anilines is 1. The summed E-state index contributed by atoms with van der Waals surface area (Å²) in [6.07, 6.45) is 0. The summed E-state index contributed by atoms with van der Waals surface area (Å²) < 4.78 is 0. The molecule has 0 aliphatic heterocycles. The minimum Gasteiger partial charge on any atom is -0.318 e. The van der Waals surface area contributed by atoms with Crippen molar-refractivity contribution in [2.24, 2.45) is 5.84 Å². The Morgan fingerprint density at radius 3 is 2.71 bits per heavy atom. The van der Waals surface area contributed by atoms with Crippen molar-refractivity contribution in [3.05, 3.63) is 33.4 Å². The number of nitrogens with two attached hydrogens (primary N) is 1. The fraction of sp³-hybridized carbons (Fsp3) is 0.125. The highest BCUT2D eigenvalue weighted by molar-refractivity contribution is 5.65. The van der Waals surface area contributed by atoms with Gasteiger partial charge in [-0.3, -0.25) is 16.0 Å². The maximum Gasteiger partial charge on any atom is 0.294 e. The Kier molecular flexibility index (Phi) is 2.65. The van der Waals surface area contributed by atoms with Crippen LogP contribution in [-0.4, -0.2) is 4.92 Å². The molecule has 72 valence electrons. The number of aryl methyl sites for hydroxylation is 1. The SMILES string of the molecule is Cc1cc(NN)c([N+](=O)[O-])cc1C#N. The van der Waals surface area contributed by atoms with Crippen LogP contribution in [0.1, 0.15) is 11.1 Å². The molecule has 0 heterocycles. The van der Waals surface area contributed by atoms with Crippen molar-refractivity contribution in [3.63, 3.8) is 0 Å². The monoisotopic (exact) mass is 192 g/mol. The summed E-state index contributed by atoms with van der Waals surface area (Å²) in [5.41, 5.74) is 3.14.